The second-order valence-corrected chi connectivity index (χ2v) is 5.29. The van der Waals surface area contributed by atoms with Crippen molar-refractivity contribution >= 4 is 11.7 Å². The second kappa shape index (κ2) is 7.06. The largest absolute Gasteiger partial charge is 0.363 e. The van der Waals surface area contributed by atoms with E-state index in [0.717, 1.165) is 23.4 Å². The summed E-state index contributed by atoms with van der Waals surface area (Å²) < 4.78 is 5.18. The standard InChI is InChI=1S/C16H22N4O2/c1-5-8-17-16(21)13-6-7-14(18-9-13)19-10(2)15-11(3)20-22-12(15)4/h6-7,9-10H,5,8H2,1-4H3,(H,17,21)(H,18,19). The molecule has 1 amide bonds. The van der Waals surface area contributed by atoms with Crippen molar-refractivity contribution in [1.29, 1.82) is 0 Å². The van der Waals surface area contributed by atoms with Gasteiger partial charge in [0, 0.05) is 18.3 Å². The molecule has 22 heavy (non-hydrogen) atoms. The number of pyridine rings is 1. The van der Waals surface area contributed by atoms with Crippen molar-refractivity contribution in [2.24, 2.45) is 0 Å². The molecule has 0 spiro atoms. The van der Waals surface area contributed by atoms with Crippen LogP contribution in [-0.4, -0.2) is 22.6 Å². The lowest BCUT2D eigenvalue weighted by molar-refractivity contribution is 0.0953. The highest BCUT2D eigenvalue weighted by Crippen LogP contribution is 2.24. The van der Waals surface area contributed by atoms with Crippen molar-refractivity contribution in [3.8, 4) is 0 Å². The van der Waals surface area contributed by atoms with Gasteiger partial charge >= 0.3 is 0 Å². The summed E-state index contributed by atoms with van der Waals surface area (Å²) in [4.78, 5) is 16.1. The lowest BCUT2D eigenvalue weighted by Crippen LogP contribution is -2.24. The molecule has 2 N–H and O–H groups in total. The van der Waals surface area contributed by atoms with E-state index in [4.69, 9.17) is 4.52 Å². The lowest BCUT2D eigenvalue weighted by atomic mass is 10.1. The van der Waals surface area contributed by atoms with Crippen LogP contribution in [0.5, 0.6) is 0 Å². The fourth-order valence-corrected chi connectivity index (χ4v) is 2.36. The Hall–Kier alpha value is -2.37. The first kappa shape index (κ1) is 16.0. The van der Waals surface area contributed by atoms with Crippen LogP contribution in [0.1, 0.15) is 53.7 Å². The SMILES string of the molecule is CCCNC(=O)c1ccc(NC(C)c2c(C)noc2C)nc1. The highest BCUT2D eigenvalue weighted by atomic mass is 16.5. The van der Waals surface area contributed by atoms with E-state index in [-0.39, 0.29) is 11.9 Å². The summed E-state index contributed by atoms with van der Waals surface area (Å²) in [6.45, 7) is 8.51. The molecular weight excluding hydrogens is 280 g/mol. The number of amides is 1. The van der Waals surface area contributed by atoms with E-state index < -0.39 is 0 Å². The lowest BCUT2D eigenvalue weighted by Gasteiger charge is -2.14. The zero-order chi connectivity index (χ0) is 16.1. The number of carbonyl (C=O) groups excluding carboxylic acids is 1. The van der Waals surface area contributed by atoms with Crippen molar-refractivity contribution in [1.82, 2.24) is 15.5 Å². The molecule has 0 aliphatic heterocycles. The number of aryl methyl sites for hydroxylation is 2. The van der Waals surface area contributed by atoms with Crippen LogP contribution in [0.4, 0.5) is 5.82 Å². The Morgan fingerprint density at radius 1 is 1.36 bits per heavy atom. The fourth-order valence-electron chi connectivity index (χ4n) is 2.36. The number of hydrogen-bond donors (Lipinski definition) is 2. The molecule has 0 aliphatic rings. The number of nitrogens with zero attached hydrogens (tertiary/aromatic N) is 2. The van der Waals surface area contributed by atoms with Crippen LogP contribution in [-0.2, 0) is 0 Å². The summed E-state index contributed by atoms with van der Waals surface area (Å²) in [6.07, 6.45) is 2.49. The predicted molar refractivity (Wildman–Crippen MR) is 84.9 cm³/mol. The van der Waals surface area contributed by atoms with Gasteiger partial charge in [0.15, 0.2) is 0 Å². The molecule has 1 atom stereocenters. The molecule has 0 saturated carbocycles. The number of anilines is 1. The molecule has 1 unspecified atom stereocenters. The molecule has 0 aromatic carbocycles. The molecule has 2 aromatic rings. The molecular formula is C16H22N4O2. The van der Waals surface area contributed by atoms with Crippen LogP contribution in [0.25, 0.3) is 0 Å². The van der Waals surface area contributed by atoms with Crippen LogP contribution in [0.2, 0.25) is 0 Å². The fraction of sp³-hybridized carbons (Fsp3) is 0.438. The highest BCUT2D eigenvalue weighted by Gasteiger charge is 2.16. The monoisotopic (exact) mass is 302 g/mol. The summed E-state index contributed by atoms with van der Waals surface area (Å²) in [6, 6.07) is 3.59. The Balaban J connectivity index is 2.04. The van der Waals surface area contributed by atoms with E-state index in [1.165, 1.54) is 0 Å². The van der Waals surface area contributed by atoms with E-state index >= 15 is 0 Å². The Kier molecular flexibility index (Phi) is 5.14. The van der Waals surface area contributed by atoms with Gasteiger partial charge < -0.3 is 15.2 Å². The van der Waals surface area contributed by atoms with E-state index in [1.54, 1.807) is 18.3 Å². The first-order valence-electron chi connectivity index (χ1n) is 7.46. The maximum absolute atomic E-state index is 11.8. The first-order chi connectivity index (χ1) is 10.5. The van der Waals surface area contributed by atoms with Crippen molar-refractivity contribution in [3.63, 3.8) is 0 Å². The topological polar surface area (TPSA) is 80.0 Å². The Bertz CT molecular complexity index is 615. The van der Waals surface area contributed by atoms with Gasteiger partial charge in [-0.2, -0.15) is 0 Å². The molecule has 6 heteroatoms. The number of carbonyl (C=O) groups is 1. The summed E-state index contributed by atoms with van der Waals surface area (Å²) in [5.74, 6) is 1.41. The minimum absolute atomic E-state index is 0.0264. The molecule has 0 radical (unpaired) electrons. The molecule has 2 heterocycles. The number of rotatable bonds is 6. The Morgan fingerprint density at radius 3 is 2.68 bits per heavy atom. The van der Waals surface area contributed by atoms with Crippen molar-refractivity contribution in [2.75, 3.05) is 11.9 Å². The van der Waals surface area contributed by atoms with Crippen LogP contribution in [0, 0.1) is 13.8 Å². The molecule has 2 rings (SSSR count). The predicted octanol–water partition coefficient (Wildman–Crippen LogP) is 3.00. The first-order valence-corrected chi connectivity index (χ1v) is 7.46. The number of aromatic nitrogens is 2. The van der Waals surface area contributed by atoms with Crippen LogP contribution >= 0.6 is 0 Å². The average Bonchev–Trinajstić information content (AvgIpc) is 2.84. The van der Waals surface area contributed by atoms with Gasteiger partial charge in [-0.1, -0.05) is 12.1 Å². The van der Waals surface area contributed by atoms with Gasteiger partial charge in [-0.05, 0) is 39.3 Å². The van der Waals surface area contributed by atoms with Gasteiger partial charge in [0.2, 0.25) is 0 Å². The second-order valence-electron chi connectivity index (χ2n) is 5.29. The van der Waals surface area contributed by atoms with E-state index in [9.17, 15) is 4.79 Å². The summed E-state index contributed by atoms with van der Waals surface area (Å²) >= 11 is 0. The zero-order valence-corrected chi connectivity index (χ0v) is 13.4. The van der Waals surface area contributed by atoms with Gasteiger partial charge in [0.05, 0.1) is 17.3 Å². The minimum atomic E-state index is -0.0975. The van der Waals surface area contributed by atoms with Crippen molar-refractivity contribution < 1.29 is 9.32 Å². The third-order valence-corrected chi connectivity index (χ3v) is 3.45. The molecule has 118 valence electrons. The summed E-state index contributed by atoms with van der Waals surface area (Å²) in [5.41, 5.74) is 2.46. The van der Waals surface area contributed by atoms with Gasteiger partial charge in [-0.25, -0.2) is 4.98 Å². The van der Waals surface area contributed by atoms with Gasteiger partial charge in [0.1, 0.15) is 11.6 Å². The smallest absolute Gasteiger partial charge is 0.252 e. The molecule has 2 aromatic heterocycles. The van der Waals surface area contributed by atoms with Crippen LogP contribution in [0.3, 0.4) is 0 Å². The van der Waals surface area contributed by atoms with Gasteiger partial charge in [-0.15, -0.1) is 0 Å². The van der Waals surface area contributed by atoms with Crippen molar-refractivity contribution in [2.45, 2.75) is 40.2 Å². The summed E-state index contributed by atoms with van der Waals surface area (Å²) in [7, 11) is 0. The number of nitrogens with one attached hydrogen (secondary N) is 2. The molecule has 0 fully saturated rings. The van der Waals surface area contributed by atoms with E-state index in [2.05, 4.69) is 20.8 Å². The maximum atomic E-state index is 11.8. The highest BCUT2D eigenvalue weighted by molar-refractivity contribution is 5.94. The molecule has 0 bridgehead atoms. The zero-order valence-electron chi connectivity index (χ0n) is 13.4. The van der Waals surface area contributed by atoms with Crippen molar-refractivity contribution in [3.05, 3.63) is 40.9 Å². The Morgan fingerprint density at radius 2 is 2.14 bits per heavy atom. The molecule has 0 saturated heterocycles. The minimum Gasteiger partial charge on any atom is -0.363 e. The average molecular weight is 302 g/mol. The third kappa shape index (κ3) is 3.63. The summed E-state index contributed by atoms with van der Waals surface area (Å²) in [5, 5.41) is 10.1. The van der Waals surface area contributed by atoms with Gasteiger partial charge in [0.25, 0.3) is 5.91 Å². The normalized spacial score (nSPS) is 12.0. The van der Waals surface area contributed by atoms with E-state index in [0.29, 0.717) is 17.9 Å². The van der Waals surface area contributed by atoms with Gasteiger partial charge in [-0.3, -0.25) is 4.79 Å². The number of hydrogen-bond acceptors (Lipinski definition) is 5. The quantitative estimate of drug-likeness (QED) is 0.857. The van der Waals surface area contributed by atoms with Crippen LogP contribution in [0.15, 0.2) is 22.9 Å². The Labute approximate surface area is 130 Å². The molecule has 0 aliphatic carbocycles. The van der Waals surface area contributed by atoms with E-state index in [1.807, 2.05) is 27.7 Å². The van der Waals surface area contributed by atoms with Crippen LogP contribution < -0.4 is 10.6 Å². The third-order valence-electron chi connectivity index (χ3n) is 3.45. The molecule has 6 nitrogen and oxygen atoms in total. The maximum Gasteiger partial charge on any atom is 0.252 e.